The van der Waals surface area contributed by atoms with E-state index in [4.69, 9.17) is 18.9 Å². The summed E-state index contributed by atoms with van der Waals surface area (Å²) in [6, 6.07) is 0.900. The van der Waals surface area contributed by atoms with E-state index in [9.17, 15) is 9.59 Å². The minimum Gasteiger partial charge on any atom is -0.431 e. The second-order valence-electron chi connectivity index (χ2n) is 4.17. The Morgan fingerprint density at radius 3 is 2.44 bits per heavy atom. The first-order valence-corrected chi connectivity index (χ1v) is 7.93. The zero-order valence-corrected chi connectivity index (χ0v) is 12.3. The van der Waals surface area contributed by atoms with Gasteiger partial charge in [0, 0.05) is 20.5 Å². The zero-order valence-electron chi connectivity index (χ0n) is 10.8. The van der Waals surface area contributed by atoms with Crippen LogP contribution in [0.1, 0.15) is 20.3 Å². The molecule has 0 aliphatic carbocycles. The van der Waals surface area contributed by atoms with Crippen molar-refractivity contribution in [2.45, 2.75) is 38.3 Å². The molecule has 0 aromatic carbocycles. The monoisotopic (exact) mass is 276 g/mol. The third kappa shape index (κ3) is 8.21. The van der Waals surface area contributed by atoms with E-state index in [0.717, 1.165) is 19.1 Å². The fourth-order valence-electron chi connectivity index (χ4n) is 1.41. The summed E-state index contributed by atoms with van der Waals surface area (Å²) in [7, 11) is -0.789. The number of epoxide rings is 1. The molecular formula is C11H20O6Si. The Morgan fingerprint density at radius 2 is 1.94 bits per heavy atom. The number of esters is 2. The van der Waals surface area contributed by atoms with Gasteiger partial charge < -0.3 is 18.9 Å². The first-order valence-electron chi connectivity index (χ1n) is 6.11. The number of carbonyl (C=O) groups excluding carboxylic acids is 2. The van der Waals surface area contributed by atoms with Crippen molar-refractivity contribution >= 4 is 21.5 Å². The molecule has 1 heterocycles. The fraction of sp³-hybridized carbons (Fsp3) is 0.818. The third-order valence-corrected chi connectivity index (χ3v) is 3.99. The maximum absolute atomic E-state index is 10.8. The smallest absolute Gasteiger partial charge is 0.305 e. The molecule has 0 amide bonds. The number of hydrogen-bond donors (Lipinski definition) is 0. The highest BCUT2D eigenvalue weighted by molar-refractivity contribution is 6.37. The molecular weight excluding hydrogens is 256 g/mol. The van der Waals surface area contributed by atoms with Crippen LogP contribution in [0.25, 0.3) is 0 Å². The van der Waals surface area contributed by atoms with Gasteiger partial charge in [-0.3, -0.25) is 9.59 Å². The molecule has 0 bridgehead atoms. The maximum Gasteiger partial charge on any atom is 0.305 e. The van der Waals surface area contributed by atoms with Gasteiger partial charge in [-0.15, -0.1) is 0 Å². The quantitative estimate of drug-likeness (QED) is 0.191. The van der Waals surface area contributed by atoms with E-state index in [2.05, 4.69) is 0 Å². The molecule has 0 radical (unpaired) electrons. The summed E-state index contributed by atoms with van der Waals surface area (Å²) in [5.41, 5.74) is 0. The van der Waals surface area contributed by atoms with Gasteiger partial charge in [-0.25, -0.2) is 0 Å². The van der Waals surface area contributed by atoms with Gasteiger partial charge in [0.25, 0.3) is 0 Å². The van der Waals surface area contributed by atoms with Gasteiger partial charge in [0.05, 0.1) is 13.2 Å². The molecule has 0 spiro atoms. The standard InChI is InChI=1S/C11H20O6Si/c1-8(12)16-11(17-9(2)13)18-5-3-4-14-6-10-7-15-10/h10-11H,3-7,18H2,1-2H3. The summed E-state index contributed by atoms with van der Waals surface area (Å²) in [4.78, 5) is 21.6. The number of ether oxygens (including phenoxy) is 4. The van der Waals surface area contributed by atoms with Gasteiger partial charge >= 0.3 is 11.9 Å². The summed E-state index contributed by atoms with van der Waals surface area (Å²) in [5.74, 6) is -1.49. The molecule has 1 unspecified atom stereocenters. The summed E-state index contributed by atoms with van der Waals surface area (Å²) in [6.07, 6.45) is 1.18. The van der Waals surface area contributed by atoms with Crippen molar-refractivity contribution in [2.75, 3.05) is 19.8 Å². The Morgan fingerprint density at radius 1 is 1.33 bits per heavy atom. The molecule has 1 saturated heterocycles. The van der Waals surface area contributed by atoms with Gasteiger partial charge in [0.1, 0.15) is 15.6 Å². The topological polar surface area (TPSA) is 74.4 Å². The Kier molecular flexibility index (Phi) is 6.92. The predicted molar refractivity (Wildman–Crippen MR) is 65.8 cm³/mol. The molecule has 1 fully saturated rings. The summed E-state index contributed by atoms with van der Waals surface area (Å²) < 4.78 is 20.3. The Bertz CT molecular complexity index is 263. The van der Waals surface area contributed by atoms with Crippen LogP contribution in [0.15, 0.2) is 0 Å². The molecule has 0 saturated carbocycles. The number of rotatable bonds is 9. The maximum atomic E-state index is 10.8. The van der Waals surface area contributed by atoms with Gasteiger partial charge in [0.2, 0.25) is 5.91 Å². The van der Waals surface area contributed by atoms with Crippen molar-refractivity contribution in [1.82, 2.24) is 0 Å². The summed E-state index contributed by atoms with van der Waals surface area (Å²) >= 11 is 0. The average molecular weight is 276 g/mol. The van der Waals surface area contributed by atoms with Crippen LogP contribution in [0.3, 0.4) is 0 Å². The highest BCUT2D eigenvalue weighted by atomic mass is 28.2. The molecule has 1 atom stereocenters. The van der Waals surface area contributed by atoms with Crippen molar-refractivity contribution in [1.29, 1.82) is 0 Å². The lowest BCUT2D eigenvalue weighted by Gasteiger charge is -2.16. The lowest BCUT2D eigenvalue weighted by molar-refractivity contribution is -0.171. The average Bonchev–Trinajstić information content (AvgIpc) is 3.05. The van der Waals surface area contributed by atoms with Crippen molar-refractivity contribution < 1.29 is 28.5 Å². The van der Waals surface area contributed by atoms with E-state index in [-0.39, 0.29) is 6.10 Å². The highest BCUT2D eigenvalue weighted by Gasteiger charge is 2.22. The van der Waals surface area contributed by atoms with E-state index in [1.807, 2.05) is 0 Å². The molecule has 0 N–H and O–H groups in total. The van der Waals surface area contributed by atoms with Gasteiger partial charge in [-0.05, 0) is 6.42 Å². The van der Waals surface area contributed by atoms with Crippen molar-refractivity contribution in [3.63, 3.8) is 0 Å². The minimum absolute atomic E-state index is 0.289. The van der Waals surface area contributed by atoms with Crippen molar-refractivity contribution in [3.8, 4) is 0 Å². The highest BCUT2D eigenvalue weighted by Crippen LogP contribution is 2.09. The largest absolute Gasteiger partial charge is 0.431 e. The zero-order chi connectivity index (χ0) is 13.4. The van der Waals surface area contributed by atoms with Gasteiger partial charge in [0.15, 0.2) is 0 Å². The van der Waals surface area contributed by atoms with Gasteiger partial charge in [-0.2, -0.15) is 0 Å². The molecule has 18 heavy (non-hydrogen) atoms. The molecule has 1 rings (SSSR count). The summed E-state index contributed by atoms with van der Waals surface area (Å²) in [5, 5.41) is 0. The first-order chi connectivity index (χ1) is 8.58. The van der Waals surface area contributed by atoms with E-state index in [1.54, 1.807) is 0 Å². The lowest BCUT2D eigenvalue weighted by atomic mass is 10.5. The van der Waals surface area contributed by atoms with Crippen LogP contribution >= 0.6 is 0 Å². The molecule has 6 nitrogen and oxygen atoms in total. The minimum atomic E-state index is -0.789. The van der Waals surface area contributed by atoms with E-state index >= 15 is 0 Å². The van der Waals surface area contributed by atoms with Crippen LogP contribution in [0.5, 0.6) is 0 Å². The van der Waals surface area contributed by atoms with Gasteiger partial charge in [-0.1, -0.05) is 6.04 Å². The first kappa shape index (κ1) is 15.1. The van der Waals surface area contributed by atoms with Crippen LogP contribution in [0.2, 0.25) is 6.04 Å². The Hall–Kier alpha value is -0.923. The fourth-order valence-corrected chi connectivity index (χ4v) is 2.94. The van der Waals surface area contributed by atoms with E-state index < -0.39 is 27.4 Å². The molecule has 1 aliphatic heterocycles. The van der Waals surface area contributed by atoms with Crippen LogP contribution < -0.4 is 0 Å². The predicted octanol–water partition coefficient (Wildman–Crippen LogP) is -0.211. The summed E-state index contributed by atoms with van der Waals surface area (Å²) in [6.45, 7) is 4.74. The van der Waals surface area contributed by atoms with Crippen molar-refractivity contribution in [3.05, 3.63) is 0 Å². The molecule has 0 aromatic rings. The third-order valence-electron chi connectivity index (χ3n) is 2.28. The lowest BCUT2D eigenvalue weighted by Crippen LogP contribution is -2.28. The van der Waals surface area contributed by atoms with E-state index in [1.165, 1.54) is 13.8 Å². The van der Waals surface area contributed by atoms with Crippen LogP contribution in [0, 0.1) is 0 Å². The van der Waals surface area contributed by atoms with Crippen LogP contribution in [-0.2, 0) is 28.5 Å². The number of hydrogen-bond acceptors (Lipinski definition) is 6. The SMILES string of the molecule is CC(=O)OC(OC(C)=O)[SiH2]CCCOCC1CO1. The Balaban J connectivity index is 2.03. The Labute approximate surface area is 109 Å². The van der Waals surface area contributed by atoms with Crippen LogP contribution in [-0.4, -0.2) is 53.3 Å². The van der Waals surface area contributed by atoms with Crippen LogP contribution in [0.4, 0.5) is 0 Å². The molecule has 1 aliphatic rings. The number of carbonyl (C=O) groups is 2. The normalized spacial score (nSPS) is 18.3. The second kappa shape index (κ2) is 8.23. The van der Waals surface area contributed by atoms with E-state index in [0.29, 0.717) is 13.2 Å². The molecule has 7 heteroatoms. The van der Waals surface area contributed by atoms with Crippen molar-refractivity contribution in [2.24, 2.45) is 0 Å². The molecule has 104 valence electrons. The molecule has 0 aromatic heterocycles. The second-order valence-corrected chi connectivity index (χ2v) is 6.13.